The van der Waals surface area contributed by atoms with Gasteiger partial charge < -0.3 is 15.5 Å². The molecule has 0 atom stereocenters. The number of benzene rings is 1. The van der Waals surface area contributed by atoms with Gasteiger partial charge in [-0.05, 0) is 23.6 Å². The van der Waals surface area contributed by atoms with Gasteiger partial charge in [0, 0.05) is 6.07 Å². The van der Waals surface area contributed by atoms with E-state index in [9.17, 15) is 9.59 Å². The Hall–Kier alpha value is -2.30. The Morgan fingerprint density at radius 1 is 1.38 bits per heavy atom. The van der Waals surface area contributed by atoms with E-state index >= 15 is 0 Å². The zero-order valence-electron chi connectivity index (χ0n) is 8.61. The van der Waals surface area contributed by atoms with Gasteiger partial charge in [0.25, 0.3) is 11.5 Å². The van der Waals surface area contributed by atoms with E-state index in [-0.39, 0.29) is 5.56 Å². The number of nitrogens with two attached hydrogens (primary N) is 1. The lowest BCUT2D eigenvalue weighted by Crippen LogP contribution is -2.23. The molecular formula is C11H10N2O3. The van der Waals surface area contributed by atoms with E-state index in [1.165, 1.54) is 13.2 Å². The minimum Gasteiger partial charge on any atom is -0.497 e. The third-order valence-corrected chi connectivity index (χ3v) is 2.32. The molecule has 1 heterocycles. The molecule has 0 saturated heterocycles. The number of rotatable bonds is 2. The van der Waals surface area contributed by atoms with Crippen LogP contribution in [0.1, 0.15) is 10.4 Å². The number of carbonyl (C=O) groups is 1. The first-order valence-corrected chi connectivity index (χ1v) is 4.62. The zero-order valence-corrected chi connectivity index (χ0v) is 8.61. The van der Waals surface area contributed by atoms with Crippen LogP contribution in [0.2, 0.25) is 0 Å². The molecule has 1 aromatic heterocycles. The molecule has 2 rings (SSSR count). The lowest BCUT2D eigenvalue weighted by Gasteiger charge is -2.03. The minimum absolute atomic E-state index is 0.0438. The maximum atomic E-state index is 11.5. The number of ether oxygens (including phenoxy) is 1. The maximum Gasteiger partial charge on any atom is 0.261 e. The highest BCUT2D eigenvalue weighted by molar-refractivity contribution is 5.96. The van der Waals surface area contributed by atoms with Crippen molar-refractivity contribution in [2.24, 2.45) is 5.73 Å². The molecule has 0 aliphatic heterocycles. The molecule has 1 aromatic carbocycles. The molecular weight excluding hydrogens is 208 g/mol. The van der Waals surface area contributed by atoms with Gasteiger partial charge in [0.1, 0.15) is 11.3 Å². The first kappa shape index (κ1) is 10.2. The SMILES string of the molecule is COc1ccc2cc(C(N)=O)c(=O)[nH]c2c1. The summed E-state index contributed by atoms with van der Waals surface area (Å²) in [5, 5.41) is 0.731. The van der Waals surface area contributed by atoms with Crippen LogP contribution in [0, 0.1) is 0 Å². The molecule has 5 heteroatoms. The molecule has 16 heavy (non-hydrogen) atoms. The van der Waals surface area contributed by atoms with Crippen LogP contribution in [0.4, 0.5) is 0 Å². The van der Waals surface area contributed by atoms with Crippen molar-refractivity contribution >= 4 is 16.8 Å². The second kappa shape index (κ2) is 3.69. The van der Waals surface area contributed by atoms with Crippen LogP contribution in [0.3, 0.4) is 0 Å². The van der Waals surface area contributed by atoms with Gasteiger partial charge in [0.15, 0.2) is 0 Å². The number of nitrogens with one attached hydrogen (secondary N) is 1. The highest BCUT2D eigenvalue weighted by Gasteiger charge is 2.08. The van der Waals surface area contributed by atoms with Gasteiger partial charge in [0.05, 0.1) is 12.6 Å². The van der Waals surface area contributed by atoms with Crippen molar-refractivity contribution in [3.8, 4) is 5.75 Å². The molecule has 0 bridgehead atoms. The number of amides is 1. The molecule has 2 aromatic rings. The lowest BCUT2D eigenvalue weighted by atomic mass is 10.1. The number of hydrogen-bond donors (Lipinski definition) is 2. The number of carbonyl (C=O) groups excluding carboxylic acids is 1. The zero-order chi connectivity index (χ0) is 11.7. The third kappa shape index (κ3) is 1.63. The molecule has 0 aliphatic rings. The van der Waals surface area contributed by atoms with E-state index in [2.05, 4.69) is 4.98 Å². The Bertz CT molecular complexity index is 616. The summed E-state index contributed by atoms with van der Waals surface area (Å²) in [5.74, 6) is -0.103. The van der Waals surface area contributed by atoms with Crippen molar-refractivity contribution < 1.29 is 9.53 Å². The van der Waals surface area contributed by atoms with Crippen molar-refractivity contribution in [2.75, 3.05) is 7.11 Å². The Labute approximate surface area is 90.8 Å². The van der Waals surface area contributed by atoms with Crippen molar-refractivity contribution in [3.05, 3.63) is 40.2 Å². The van der Waals surface area contributed by atoms with Crippen molar-refractivity contribution in [3.63, 3.8) is 0 Å². The summed E-state index contributed by atoms with van der Waals surface area (Å²) in [6, 6.07) is 6.64. The average molecular weight is 218 g/mol. The quantitative estimate of drug-likeness (QED) is 0.775. The van der Waals surface area contributed by atoms with Gasteiger partial charge in [-0.1, -0.05) is 0 Å². The first-order valence-electron chi connectivity index (χ1n) is 4.62. The summed E-state index contributed by atoms with van der Waals surface area (Å²) < 4.78 is 5.03. The number of fused-ring (bicyclic) bond motifs is 1. The number of primary amides is 1. The van der Waals surface area contributed by atoms with Gasteiger partial charge in [0.2, 0.25) is 0 Å². The molecule has 0 saturated carbocycles. The molecule has 0 spiro atoms. The minimum atomic E-state index is -0.737. The van der Waals surface area contributed by atoms with Crippen LogP contribution in [0.15, 0.2) is 29.1 Å². The molecule has 0 unspecified atom stereocenters. The van der Waals surface area contributed by atoms with Crippen LogP contribution in [0.25, 0.3) is 10.9 Å². The van der Waals surface area contributed by atoms with E-state index in [4.69, 9.17) is 10.5 Å². The number of hydrogen-bond acceptors (Lipinski definition) is 3. The molecule has 3 N–H and O–H groups in total. The summed E-state index contributed by atoms with van der Waals surface area (Å²) >= 11 is 0. The fourth-order valence-electron chi connectivity index (χ4n) is 1.49. The molecule has 82 valence electrons. The monoisotopic (exact) mass is 218 g/mol. The molecule has 1 amide bonds. The van der Waals surface area contributed by atoms with E-state index in [1.54, 1.807) is 18.2 Å². The topological polar surface area (TPSA) is 85.2 Å². The van der Waals surface area contributed by atoms with Gasteiger partial charge in [-0.25, -0.2) is 0 Å². The van der Waals surface area contributed by atoms with E-state index in [0.717, 1.165) is 5.39 Å². The normalized spacial score (nSPS) is 10.3. The van der Waals surface area contributed by atoms with Crippen LogP contribution >= 0.6 is 0 Å². The Morgan fingerprint density at radius 3 is 2.75 bits per heavy atom. The van der Waals surface area contributed by atoms with E-state index in [0.29, 0.717) is 11.3 Å². The highest BCUT2D eigenvalue weighted by Crippen LogP contribution is 2.18. The van der Waals surface area contributed by atoms with Crippen LogP contribution < -0.4 is 16.0 Å². The molecule has 0 radical (unpaired) electrons. The summed E-state index contributed by atoms with van der Waals surface area (Å²) in [4.78, 5) is 25.0. The maximum absolute atomic E-state index is 11.5. The second-order valence-electron chi connectivity index (χ2n) is 3.33. The van der Waals surface area contributed by atoms with Crippen LogP contribution in [-0.4, -0.2) is 18.0 Å². The van der Waals surface area contributed by atoms with Crippen LogP contribution in [0.5, 0.6) is 5.75 Å². The van der Waals surface area contributed by atoms with Crippen molar-refractivity contribution in [1.82, 2.24) is 4.98 Å². The number of H-pyrrole nitrogens is 1. The predicted molar refractivity (Wildman–Crippen MR) is 59.6 cm³/mol. The second-order valence-corrected chi connectivity index (χ2v) is 3.33. The number of methoxy groups -OCH3 is 1. The Balaban J connectivity index is 2.74. The van der Waals surface area contributed by atoms with Crippen molar-refractivity contribution in [1.29, 1.82) is 0 Å². The fourth-order valence-corrected chi connectivity index (χ4v) is 1.49. The fraction of sp³-hybridized carbons (Fsp3) is 0.0909. The standard InChI is InChI=1S/C11H10N2O3/c1-16-7-3-2-6-4-8(10(12)14)11(15)13-9(6)5-7/h2-5H,1H3,(H2,12,14)(H,13,15). The molecule has 0 aliphatic carbocycles. The van der Waals surface area contributed by atoms with Gasteiger partial charge in [-0.15, -0.1) is 0 Å². The summed E-state index contributed by atoms with van der Waals surface area (Å²) in [7, 11) is 1.54. The average Bonchev–Trinajstić information content (AvgIpc) is 2.27. The third-order valence-electron chi connectivity index (χ3n) is 2.32. The van der Waals surface area contributed by atoms with Gasteiger partial charge >= 0.3 is 0 Å². The first-order chi connectivity index (χ1) is 7.61. The van der Waals surface area contributed by atoms with Gasteiger partial charge in [-0.2, -0.15) is 0 Å². The summed E-state index contributed by atoms with van der Waals surface area (Å²) in [5.41, 5.74) is 5.15. The molecule has 5 nitrogen and oxygen atoms in total. The van der Waals surface area contributed by atoms with Crippen molar-refractivity contribution in [2.45, 2.75) is 0 Å². The Morgan fingerprint density at radius 2 is 2.12 bits per heavy atom. The summed E-state index contributed by atoms with van der Waals surface area (Å²) in [6.45, 7) is 0. The summed E-state index contributed by atoms with van der Waals surface area (Å²) in [6.07, 6.45) is 0. The van der Waals surface area contributed by atoms with E-state index < -0.39 is 11.5 Å². The largest absolute Gasteiger partial charge is 0.497 e. The highest BCUT2D eigenvalue weighted by atomic mass is 16.5. The number of pyridine rings is 1. The predicted octanol–water partition coefficient (Wildman–Crippen LogP) is 0.636. The lowest BCUT2D eigenvalue weighted by molar-refractivity contribution is 0.0999. The van der Waals surface area contributed by atoms with Crippen LogP contribution in [-0.2, 0) is 0 Å². The number of aromatic amines is 1. The smallest absolute Gasteiger partial charge is 0.261 e. The number of aromatic nitrogens is 1. The van der Waals surface area contributed by atoms with Gasteiger partial charge in [-0.3, -0.25) is 9.59 Å². The Kier molecular flexibility index (Phi) is 2.36. The molecule has 0 fully saturated rings. The van der Waals surface area contributed by atoms with E-state index in [1.807, 2.05) is 0 Å².